The Morgan fingerprint density at radius 2 is 1.86 bits per heavy atom. The van der Waals surface area contributed by atoms with Gasteiger partial charge in [-0.1, -0.05) is 0 Å². The van der Waals surface area contributed by atoms with E-state index in [1.165, 1.54) is 0 Å². The van der Waals surface area contributed by atoms with E-state index in [1.54, 1.807) is 12.4 Å². The van der Waals surface area contributed by atoms with Crippen LogP contribution in [-0.2, 0) is 11.2 Å². The largest absolute Gasteiger partial charge is 0.378 e. The van der Waals surface area contributed by atoms with Gasteiger partial charge in [-0.25, -0.2) is 23.7 Å². The van der Waals surface area contributed by atoms with E-state index in [2.05, 4.69) is 14.9 Å². The van der Waals surface area contributed by atoms with Crippen LogP contribution in [0.5, 0.6) is 0 Å². The molecule has 1 saturated carbocycles. The van der Waals surface area contributed by atoms with Gasteiger partial charge in [0.2, 0.25) is 17.8 Å². The van der Waals surface area contributed by atoms with E-state index in [4.69, 9.17) is 20.4 Å². The number of morpholine rings is 1. The molecule has 0 unspecified atom stereocenters. The average Bonchev–Trinajstić information content (AvgIpc) is 3.31. The maximum Gasteiger partial charge on any atom is 0.250 e. The average molecular weight is 403 g/mol. The first-order valence-corrected chi connectivity index (χ1v) is 9.96. The van der Waals surface area contributed by atoms with Crippen LogP contribution in [0.2, 0.25) is 0 Å². The molecule has 5 rings (SSSR count). The molecule has 10 heteroatoms. The zero-order valence-corrected chi connectivity index (χ0v) is 16.0. The highest BCUT2D eigenvalue weighted by molar-refractivity contribution is 5.72. The van der Waals surface area contributed by atoms with E-state index in [9.17, 15) is 8.78 Å². The molecule has 4 heterocycles. The third kappa shape index (κ3) is 3.45. The number of hydrogen-bond acceptors (Lipinski definition) is 8. The molecule has 154 valence electrons. The highest BCUT2D eigenvalue weighted by Crippen LogP contribution is 2.43. The van der Waals surface area contributed by atoms with Crippen molar-refractivity contribution in [3.8, 4) is 11.3 Å². The van der Waals surface area contributed by atoms with Crippen molar-refractivity contribution in [3.05, 3.63) is 18.0 Å². The lowest BCUT2D eigenvalue weighted by Crippen LogP contribution is -2.38. The molecule has 2 aliphatic heterocycles. The molecular formula is C19H23F2N7O. The van der Waals surface area contributed by atoms with Crippen molar-refractivity contribution >= 4 is 17.7 Å². The Morgan fingerprint density at radius 1 is 1.10 bits per heavy atom. The molecule has 2 aromatic rings. The fourth-order valence-corrected chi connectivity index (χ4v) is 4.42. The van der Waals surface area contributed by atoms with E-state index in [0.29, 0.717) is 51.6 Å². The maximum absolute atomic E-state index is 13.9. The highest BCUT2D eigenvalue weighted by atomic mass is 19.3. The minimum Gasteiger partial charge on any atom is -0.378 e. The molecule has 0 aromatic carbocycles. The van der Waals surface area contributed by atoms with Gasteiger partial charge < -0.3 is 20.3 Å². The minimum atomic E-state index is -2.60. The maximum atomic E-state index is 13.9. The van der Waals surface area contributed by atoms with Crippen molar-refractivity contribution in [3.63, 3.8) is 0 Å². The zero-order chi connectivity index (χ0) is 20.0. The topological polar surface area (TPSA) is 93.3 Å². The Kier molecular flexibility index (Phi) is 4.45. The number of alkyl halides is 2. The summed E-state index contributed by atoms with van der Waals surface area (Å²) in [5.41, 5.74) is 8.11. The molecule has 1 aliphatic carbocycles. The first-order valence-electron chi connectivity index (χ1n) is 9.96. The quantitative estimate of drug-likeness (QED) is 0.831. The lowest BCUT2D eigenvalue weighted by molar-refractivity contribution is 0.00779. The third-order valence-electron chi connectivity index (χ3n) is 5.91. The van der Waals surface area contributed by atoms with Gasteiger partial charge in [-0.05, 0) is 12.8 Å². The van der Waals surface area contributed by atoms with Gasteiger partial charge in [0.15, 0.2) is 0 Å². The van der Waals surface area contributed by atoms with Crippen LogP contribution < -0.4 is 15.5 Å². The smallest absolute Gasteiger partial charge is 0.250 e. The van der Waals surface area contributed by atoms with Gasteiger partial charge in [0.25, 0.3) is 0 Å². The summed E-state index contributed by atoms with van der Waals surface area (Å²) in [4.78, 5) is 22.0. The van der Waals surface area contributed by atoms with Crippen molar-refractivity contribution in [2.75, 3.05) is 48.4 Å². The van der Waals surface area contributed by atoms with E-state index in [1.807, 2.05) is 4.90 Å². The number of rotatable bonds is 3. The number of aromatic nitrogens is 4. The number of fused-ring (bicyclic) bond motifs is 1. The van der Waals surface area contributed by atoms with Crippen molar-refractivity contribution in [2.24, 2.45) is 0 Å². The number of nitrogen functional groups attached to an aromatic ring is 1. The van der Waals surface area contributed by atoms with E-state index in [-0.39, 0.29) is 24.8 Å². The number of anilines is 3. The van der Waals surface area contributed by atoms with Gasteiger partial charge in [0, 0.05) is 62.0 Å². The van der Waals surface area contributed by atoms with Crippen LogP contribution in [0.15, 0.2) is 12.4 Å². The normalized spacial score (nSPS) is 23.4. The second-order valence-corrected chi connectivity index (χ2v) is 7.80. The van der Waals surface area contributed by atoms with E-state index < -0.39 is 5.92 Å². The number of nitrogens with zero attached hydrogens (tertiary/aromatic N) is 6. The molecule has 0 radical (unpaired) electrons. The third-order valence-corrected chi connectivity index (χ3v) is 5.91. The van der Waals surface area contributed by atoms with Crippen LogP contribution in [0.3, 0.4) is 0 Å². The minimum absolute atomic E-state index is 0.0659. The lowest BCUT2D eigenvalue weighted by atomic mass is 10.1. The molecule has 8 nitrogen and oxygen atoms in total. The van der Waals surface area contributed by atoms with E-state index >= 15 is 0 Å². The monoisotopic (exact) mass is 403 g/mol. The predicted octanol–water partition coefficient (Wildman–Crippen LogP) is 1.90. The van der Waals surface area contributed by atoms with Crippen molar-refractivity contribution in [1.82, 2.24) is 19.9 Å². The Bertz CT molecular complexity index is 902. The van der Waals surface area contributed by atoms with Crippen LogP contribution in [0.4, 0.5) is 26.5 Å². The fourth-order valence-electron chi connectivity index (χ4n) is 4.42. The molecule has 0 amide bonds. The lowest BCUT2D eigenvalue weighted by Gasteiger charge is -2.30. The fraction of sp³-hybridized carbons (Fsp3) is 0.579. The molecule has 2 aromatic heterocycles. The number of hydrogen-bond donors (Lipinski definition) is 1. The Labute approximate surface area is 167 Å². The number of ether oxygens (including phenoxy) is 1. The molecule has 1 atom stereocenters. The SMILES string of the molecule is Nc1ncc(-c2nc(N3CCOCC3)nc3c2CCN3[C@@H]2CCC(F)(F)C2)cn1. The molecule has 3 aliphatic rings. The van der Waals surface area contributed by atoms with Gasteiger partial charge in [-0.3, -0.25) is 0 Å². The summed E-state index contributed by atoms with van der Waals surface area (Å²) in [6.07, 6.45) is 4.30. The Hall–Kier alpha value is -2.62. The summed E-state index contributed by atoms with van der Waals surface area (Å²) in [6.45, 7) is 3.27. The molecular weight excluding hydrogens is 380 g/mol. The Balaban J connectivity index is 1.57. The van der Waals surface area contributed by atoms with Crippen molar-refractivity contribution in [1.29, 1.82) is 0 Å². The van der Waals surface area contributed by atoms with Crippen LogP contribution in [0.25, 0.3) is 11.3 Å². The summed E-state index contributed by atoms with van der Waals surface area (Å²) in [5.74, 6) is -1.05. The highest BCUT2D eigenvalue weighted by Gasteiger charge is 2.44. The van der Waals surface area contributed by atoms with Gasteiger partial charge in [-0.15, -0.1) is 0 Å². The van der Waals surface area contributed by atoms with Gasteiger partial charge >= 0.3 is 0 Å². The first kappa shape index (κ1) is 18.4. The number of halogens is 2. The molecule has 0 bridgehead atoms. The van der Waals surface area contributed by atoms with Crippen LogP contribution in [-0.4, -0.2) is 64.7 Å². The van der Waals surface area contributed by atoms with Crippen molar-refractivity contribution in [2.45, 2.75) is 37.6 Å². The van der Waals surface area contributed by atoms with Crippen molar-refractivity contribution < 1.29 is 13.5 Å². The van der Waals surface area contributed by atoms with Crippen LogP contribution >= 0.6 is 0 Å². The predicted molar refractivity (Wildman–Crippen MR) is 104 cm³/mol. The standard InChI is InChI=1S/C19H23F2N7O/c20-19(21)3-1-13(9-19)28-4-2-14-15(12-10-23-17(22)24-11-12)25-18(26-16(14)28)27-5-7-29-8-6-27/h10-11,13H,1-9H2,(H2,22,23,24)/t13-/m1/s1. The second kappa shape index (κ2) is 7.01. The molecule has 1 saturated heterocycles. The van der Waals surface area contributed by atoms with Gasteiger partial charge in [0.1, 0.15) is 5.82 Å². The van der Waals surface area contributed by atoms with Gasteiger partial charge in [-0.2, -0.15) is 4.98 Å². The molecule has 2 fully saturated rings. The summed E-state index contributed by atoms with van der Waals surface area (Å²) in [7, 11) is 0. The first-order chi connectivity index (χ1) is 14.0. The van der Waals surface area contributed by atoms with Crippen LogP contribution in [0.1, 0.15) is 24.8 Å². The zero-order valence-electron chi connectivity index (χ0n) is 16.0. The summed E-state index contributed by atoms with van der Waals surface area (Å²) < 4.78 is 33.2. The summed E-state index contributed by atoms with van der Waals surface area (Å²) >= 11 is 0. The van der Waals surface area contributed by atoms with Gasteiger partial charge in [0.05, 0.1) is 18.9 Å². The Morgan fingerprint density at radius 3 is 2.55 bits per heavy atom. The molecule has 2 N–H and O–H groups in total. The summed E-state index contributed by atoms with van der Waals surface area (Å²) in [5, 5.41) is 0. The second-order valence-electron chi connectivity index (χ2n) is 7.80. The molecule has 29 heavy (non-hydrogen) atoms. The molecule has 0 spiro atoms. The van der Waals surface area contributed by atoms with Crippen LogP contribution in [0, 0.1) is 0 Å². The van der Waals surface area contributed by atoms with E-state index in [0.717, 1.165) is 22.6 Å². The summed E-state index contributed by atoms with van der Waals surface area (Å²) in [6, 6.07) is -0.200. The number of nitrogens with two attached hydrogens (primary N) is 1.